The summed E-state index contributed by atoms with van der Waals surface area (Å²) in [6, 6.07) is 6.77. The van der Waals surface area contributed by atoms with Gasteiger partial charge in [0.25, 0.3) is 0 Å². The van der Waals surface area contributed by atoms with Crippen LogP contribution in [0.4, 0.5) is 0 Å². The minimum atomic E-state index is 0.417. The maximum absolute atomic E-state index is 5.85. The lowest BCUT2D eigenvalue weighted by atomic mass is 9.55. The quantitative estimate of drug-likeness (QED) is 0.796. The molecular formula is C20H28O2. The van der Waals surface area contributed by atoms with Gasteiger partial charge in [-0.25, -0.2) is 0 Å². The summed E-state index contributed by atoms with van der Waals surface area (Å²) < 4.78 is 11.3. The van der Waals surface area contributed by atoms with Gasteiger partial charge in [-0.2, -0.15) is 0 Å². The molecule has 22 heavy (non-hydrogen) atoms. The summed E-state index contributed by atoms with van der Waals surface area (Å²) in [5.41, 5.74) is 3.56. The van der Waals surface area contributed by atoms with Gasteiger partial charge in [-0.15, -0.1) is 0 Å². The van der Waals surface area contributed by atoms with E-state index >= 15 is 0 Å². The molecule has 2 fully saturated rings. The predicted molar refractivity (Wildman–Crippen MR) is 88.4 cm³/mol. The molecule has 2 nitrogen and oxygen atoms in total. The molecule has 0 radical (unpaired) electrons. The van der Waals surface area contributed by atoms with E-state index < -0.39 is 0 Å². The molecule has 3 aliphatic rings. The molecule has 1 aromatic carbocycles. The van der Waals surface area contributed by atoms with Gasteiger partial charge in [-0.1, -0.05) is 13.0 Å². The van der Waals surface area contributed by atoms with Crippen molar-refractivity contribution < 1.29 is 9.47 Å². The third-order valence-corrected chi connectivity index (χ3v) is 7.13. The third-order valence-electron chi connectivity index (χ3n) is 7.13. The summed E-state index contributed by atoms with van der Waals surface area (Å²) in [6.07, 6.45) is 8.33. The van der Waals surface area contributed by atoms with Crippen LogP contribution in [0, 0.1) is 17.3 Å². The van der Waals surface area contributed by atoms with Crippen LogP contribution in [0.1, 0.15) is 56.1 Å². The van der Waals surface area contributed by atoms with Crippen molar-refractivity contribution in [1.29, 1.82) is 0 Å². The summed E-state index contributed by atoms with van der Waals surface area (Å²) in [5.74, 6) is 3.49. The molecule has 0 bridgehead atoms. The van der Waals surface area contributed by atoms with Gasteiger partial charge >= 0.3 is 0 Å². The Hall–Kier alpha value is -1.02. The molecule has 0 amide bonds. The second-order valence-corrected chi connectivity index (χ2v) is 7.83. The van der Waals surface area contributed by atoms with Crippen LogP contribution >= 0.6 is 0 Å². The largest absolute Gasteiger partial charge is 0.497 e. The number of ether oxygens (including phenoxy) is 2. The van der Waals surface area contributed by atoms with Crippen LogP contribution in [0.25, 0.3) is 0 Å². The van der Waals surface area contributed by atoms with E-state index in [1.807, 2.05) is 7.11 Å². The lowest BCUT2D eigenvalue weighted by Crippen LogP contribution is -2.44. The minimum absolute atomic E-state index is 0.417. The van der Waals surface area contributed by atoms with Gasteiger partial charge in [0.15, 0.2) is 0 Å². The molecule has 0 aromatic heterocycles. The van der Waals surface area contributed by atoms with Crippen molar-refractivity contribution in [2.45, 2.75) is 57.5 Å². The topological polar surface area (TPSA) is 18.5 Å². The molecule has 0 aliphatic heterocycles. The first kappa shape index (κ1) is 14.6. The zero-order chi connectivity index (χ0) is 15.3. The molecule has 3 aliphatic carbocycles. The smallest absolute Gasteiger partial charge is 0.119 e. The molecule has 2 saturated carbocycles. The number of rotatable bonds is 2. The van der Waals surface area contributed by atoms with Crippen LogP contribution in [-0.4, -0.2) is 20.3 Å². The molecule has 0 spiro atoms. The number of aryl methyl sites for hydroxylation is 1. The van der Waals surface area contributed by atoms with E-state index in [2.05, 4.69) is 25.1 Å². The zero-order valence-corrected chi connectivity index (χ0v) is 14.1. The summed E-state index contributed by atoms with van der Waals surface area (Å²) >= 11 is 0. The number of benzene rings is 1. The highest BCUT2D eigenvalue weighted by Gasteiger charge is 2.54. The second kappa shape index (κ2) is 5.26. The normalized spacial score (nSPS) is 39.8. The van der Waals surface area contributed by atoms with Crippen LogP contribution in [0.3, 0.4) is 0 Å². The van der Waals surface area contributed by atoms with E-state index in [-0.39, 0.29) is 0 Å². The lowest BCUT2D eigenvalue weighted by molar-refractivity contribution is -0.0444. The number of hydrogen-bond donors (Lipinski definition) is 0. The maximum atomic E-state index is 5.85. The standard InChI is InChI=1S/C20H28O2/c1-20-11-10-16-15-7-5-14(21-2)12-13(15)4-6-17(16)18(20)8-9-19(20)22-3/h5,7,12,16-19H,4,6,8-11H2,1-3H3/t16-,17+,18+,19+,20+/m1/s1. The number of methoxy groups -OCH3 is 2. The van der Waals surface area contributed by atoms with Crippen molar-refractivity contribution in [3.8, 4) is 5.75 Å². The Morgan fingerprint density at radius 1 is 1.09 bits per heavy atom. The van der Waals surface area contributed by atoms with Crippen molar-refractivity contribution in [3.05, 3.63) is 29.3 Å². The summed E-state index contributed by atoms with van der Waals surface area (Å²) in [6.45, 7) is 2.50. The fraction of sp³-hybridized carbons (Fsp3) is 0.700. The molecule has 1 aromatic rings. The number of hydrogen-bond acceptors (Lipinski definition) is 2. The first-order chi connectivity index (χ1) is 10.7. The van der Waals surface area contributed by atoms with Crippen molar-refractivity contribution in [2.75, 3.05) is 14.2 Å². The van der Waals surface area contributed by atoms with Crippen LogP contribution in [-0.2, 0) is 11.2 Å². The Balaban J connectivity index is 1.66. The fourth-order valence-corrected chi connectivity index (χ4v) is 6.02. The Labute approximate surface area is 134 Å². The molecule has 0 saturated heterocycles. The van der Waals surface area contributed by atoms with Gasteiger partial charge in [0, 0.05) is 7.11 Å². The predicted octanol–water partition coefficient (Wildman–Crippen LogP) is 4.57. The van der Waals surface area contributed by atoms with E-state index in [0.29, 0.717) is 11.5 Å². The van der Waals surface area contributed by atoms with Crippen molar-refractivity contribution in [3.63, 3.8) is 0 Å². The molecule has 120 valence electrons. The van der Waals surface area contributed by atoms with Gasteiger partial charge in [-0.3, -0.25) is 0 Å². The molecule has 4 rings (SSSR count). The zero-order valence-electron chi connectivity index (χ0n) is 14.1. The molecular weight excluding hydrogens is 272 g/mol. The van der Waals surface area contributed by atoms with Crippen molar-refractivity contribution in [2.24, 2.45) is 17.3 Å². The Bertz CT molecular complexity index is 567. The van der Waals surface area contributed by atoms with Crippen LogP contribution in [0.2, 0.25) is 0 Å². The SMILES string of the molecule is COc1ccc2c(c1)CC[C@H]1[C@@H]2CC[C@]2(C)[C@@H](OC)CC[C@@H]12. The van der Waals surface area contributed by atoms with Crippen LogP contribution in [0.5, 0.6) is 5.75 Å². The minimum Gasteiger partial charge on any atom is -0.497 e. The van der Waals surface area contributed by atoms with Gasteiger partial charge in [0.05, 0.1) is 13.2 Å². The Morgan fingerprint density at radius 2 is 1.95 bits per heavy atom. The molecule has 5 atom stereocenters. The van der Waals surface area contributed by atoms with Crippen LogP contribution < -0.4 is 4.74 Å². The molecule has 0 heterocycles. The van der Waals surface area contributed by atoms with E-state index in [4.69, 9.17) is 9.47 Å². The lowest BCUT2D eigenvalue weighted by Gasteiger charge is -2.50. The van der Waals surface area contributed by atoms with Gasteiger partial charge in [-0.05, 0) is 85.0 Å². The van der Waals surface area contributed by atoms with Crippen LogP contribution in [0.15, 0.2) is 18.2 Å². The van der Waals surface area contributed by atoms with E-state index in [1.165, 1.54) is 44.1 Å². The van der Waals surface area contributed by atoms with Crippen molar-refractivity contribution >= 4 is 0 Å². The maximum Gasteiger partial charge on any atom is 0.119 e. The molecule has 2 heteroatoms. The van der Waals surface area contributed by atoms with Crippen molar-refractivity contribution in [1.82, 2.24) is 0 Å². The summed E-state index contributed by atoms with van der Waals surface area (Å²) in [7, 11) is 3.68. The van der Waals surface area contributed by atoms with Gasteiger partial charge in [0.1, 0.15) is 5.75 Å². The summed E-state index contributed by atoms with van der Waals surface area (Å²) in [4.78, 5) is 0. The van der Waals surface area contributed by atoms with Gasteiger partial charge in [0.2, 0.25) is 0 Å². The monoisotopic (exact) mass is 300 g/mol. The van der Waals surface area contributed by atoms with Gasteiger partial charge < -0.3 is 9.47 Å². The second-order valence-electron chi connectivity index (χ2n) is 7.83. The fourth-order valence-electron chi connectivity index (χ4n) is 6.02. The first-order valence-electron chi connectivity index (χ1n) is 8.87. The first-order valence-corrected chi connectivity index (χ1v) is 8.87. The highest BCUT2D eigenvalue weighted by atomic mass is 16.5. The number of fused-ring (bicyclic) bond motifs is 5. The third kappa shape index (κ3) is 1.96. The Kier molecular flexibility index (Phi) is 3.48. The van der Waals surface area contributed by atoms with E-state index in [0.717, 1.165) is 23.5 Å². The molecule has 0 unspecified atom stereocenters. The average Bonchev–Trinajstić information content (AvgIpc) is 2.90. The Morgan fingerprint density at radius 3 is 2.73 bits per heavy atom. The summed E-state index contributed by atoms with van der Waals surface area (Å²) in [5, 5.41) is 0. The molecule has 0 N–H and O–H groups in total. The van der Waals surface area contributed by atoms with E-state index in [9.17, 15) is 0 Å². The van der Waals surface area contributed by atoms with E-state index in [1.54, 1.807) is 12.7 Å². The highest BCUT2D eigenvalue weighted by Crippen LogP contribution is 2.61. The highest BCUT2D eigenvalue weighted by molar-refractivity contribution is 5.40. The average molecular weight is 300 g/mol.